The molecule has 1 heteroatoms. The number of allylic oxidation sites excluding steroid dienone is 4. The lowest BCUT2D eigenvalue weighted by Crippen LogP contribution is -2.19. The third kappa shape index (κ3) is 3.71. The van der Waals surface area contributed by atoms with Crippen LogP contribution in [-0.4, -0.2) is 9.52 Å². The van der Waals surface area contributed by atoms with Gasteiger partial charge in [-0.05, 0) is 26.7 Å². The molecule has 1 aliphatic carbocycles. The van der Waals surface area contributed by atoms with Gasteiger partial charge in [0, 0.05) is 5.54 Å². The van der Waals surface area contributed by atoms with Gasteiger partial charge in [-0.2, -0.15) is 0 Å². The van der Waals surface area contributed by atoms with E-state index in [1.54, 1.807) is 10.7 Å². The van der Waals surface area contributed by atoms with Gasteiger partial charge in [0.1, 0.15) is 0 Å². The Bertz CT molecular complexity index is 448. The highest BCUT2D eigenvalue weighted by molar-refractivity contribution is 6.61. The molecule has 1 aliphatic rings. The molecular weight excluding hydrogens is 232 g/mol. The van der Waals surface area contributed by atoms with Gasteiger partial charge >= 0.3 is 0 Å². The molecule has 0 saturated carbocycles. The van der Waals surface area contributed by atoms with E-state index in [0.717, 1.165) is 0 Å². The van der Waals surface area contributed by atoms with Crippen LogP contribution < -0.4 is 5.19 Å². The standard InChI is InChI=1S/C17H23Si/c1-4-5-6-15-7-8-16(12-15)18-17-10-13(2)9-14(3)11-17/h7-12H,4-6,18H2,1-3H3. The molecule has 0 fully saturated rings. The largest absolute Gasteiger partial charge is 0.0764 e. The van der Waals surface area contributed by atoms with Crippen molar-refractivity contribution in [1.82, 2.24) is 0 Å². The summed E-state index contributed by atoms with van der Waals surface area (Å²) in [4.78, 5) is 0. The van der Waals surface area contributed by atoms with Crippen LogP contribution in [0.2, 0.25) is 0 Å². The molecule has 0 bridgehead atoms. The minimum Gasteiger partial charge on any atom is -0.0764 e. The Morgan fingerprint density at radius 2 is 1.72 bits per heavy atom. The van der Waals surface area contributed by atoms with Crippen molar-refractivity contribution in [3.63, 3.8) is 0 Å². The highest BCUT2D eigenvalue weighted by Gasteiger charge is 2.11. The SMILES string of the molecule is CCCCC1=C[C]([SiH2]c2cc(C)cc(C)c2)C=C1. The molecule has 2 rings (SSSR count). The van der Waals surface area contributed by atoms with Crippen molar-refractivity contribution < 1.29 is 0 Å². The van der Waals surface area contributed by atoms with Crippen LogP contribution in [0.5, 0.6) is 0 Å². The summed E-state index contributed by atoms with van der Waals surface area (Å²) >= 11 is 0. The predicted molar refractivity (Wildman–Crippen MR) is 84.1 cm³/mol. The number of hydrogen-bond acceptors (Lipinski definition) is 0. The van der Waals surface area contributed by atoms with E-state index < -0.39 is 0 Å². The van der Waals surface area contributed by atoms with Crippen molar-refractivity contribution in [2.24, 2.45) is 0 Å². The fourth-order valence-electron chi connectivity index (χ4n) is 2.60. The highest BCUT2D eigenvalue weighted by atomic mass is 28.2. The van der Waals surface area contributed by atoms with E-state index in [0.29, 0.717) is 0 Å². The van der Waals surface area contributed by atoms with Gasteiger partial charge in [-0.15, -0.1) is 0 Å². The van der Waals surface area contributed by atoms with Gasteiger partial charge in [0.2, 0.25) is 0 Å². The topological polar surface area (TPSA) is 0 Å². The Kier molecular flexibility index (Phi) is 4.59. The fraction of sp³-hybridized carbons (Fsp3) is 0.353. The van der Waals surface area contributed by atoms with E-state index in [-0.39, 0.29) is 9.52 Å². The van der Waals surface area contributed by atoms with Crippen molar-refractivity contribution in [3.8, 4) is 0 Å². The van der Waals surface area contributed by atoms with Gasteiger partial charge in [-0.3, -0.25) is 0 Å². The third-order valence-electron chi connectivity index (χ3n) is 3.39. The van der Waals surface area contributed by atoms with Crippen molar-refractivity contribution in [2.75, 3.05) is 0 Å². The molecule has 0 saturated heterocycles. The zero-order chi connectivity index (χ0) is 13.0. The molecule has 95 valence electrons. The van der Waals surface area contributed by atoms with Gasteiger partial charge in [-0.1, -0.05) is 71.7 Å². The summed E-state index contributed by atoms with van der Waals surface area (Å²) in [5, 5.41) is 1.57. The van der Waals surface area contributed by atoms with Crippen LogP contribution >= 0.6 is 0 Å². The van der Waals surface area contributed by atoms with Crippen molar-refractivity contribution in [1.29, 1.82) is 0 Å². The molecule has 1 aromatic rings. The van der Waals surface area contributed by atoms with Crippen LogP contribution in [0.4, 0.5) is 0 Å². The Morgan fingerprint density at radius 3 is 2.39 bits per heavy atom. The summed E-state index contributed by atoms with van der Waals surface area (Å²) in [7, 11) is -0.279. The summed E-state index contributed by atoms with van der Waals surface area (Å²) in [5.74, 6) is 0. The van der Waals surface area contributed by atoms with Crippen LogP contribution in [-0.2, 0) is 0 Å². The van der Waals surface area contributed by atoms with Crippen LogP contribution in [0.3, 0.4) is 0 Å². The van der Waals surface area contributed by atoms with Crippen molar-refractivity contribution in [3.05, 3.63) is 58.7 Å². The van der Waals surface area contributed by atoms with Crippen LogP contribution in [0.25, 0.3) is 0 Å². The average Bonchev–Trinajstić information content (AvgIpc) is 2.72. The van der Waals surface area contributed by atoms with Gasteiger partial charge in [-0.25, -0.2) is 0 Å². The summed E-state index contributed by atoms with van der Waals surface area (Å²) < 4.78 is 0. The molecule has 18 heavy (non-hydrogen) atoms. The first-order valence-electron chi connectivity index (χ1n) is 6.99. The van der Waals surface area contributed by atoms with E-state index in [9.17, 15) is 0 Å². The van der Waals surface area contributed by atoms with Crippen LogP contribution in [0.1, 0.15) is 37.3 Å². The molecule has 0 amide bonds. The molecule has 0 aliphatic heterocycles. The van der Waals surface area contributed by atoms with E-state index in [2.05, 4.69) is 57.2 Å². The summed E-state index contributed by atoms with van der Waals surface area (Å²) in [5.41, 5.74) is 5.92. The average molecular weight is 255 g/mol. The third-order valence-corrected chi connectivity index (χ3v) is 5.06. The maximum atomic E-state index is 2.43. The lowest BCUT2D eigenvalue weighted by molar-refractivity contribution is 0.799. The Balaban J connectivity index is 1.99. The number of aryl methyl sites for hydroxylation is 2. The molecule has 0 N–H and O–H groups in total. The number of hydrogen-bond donors (Lipinski definition) is 0. The maximum absolute atomic E-state index is 2.43. The van der Waals surface area contributed by atoms with Crippen LogP contribution in [0.15, 0.2) is 42.0 Å². The first-order chi connectivity index (χ1) is 8.67. The van der Waals surface area contributed by atoms with E-state index in [4.69, 9.17) is 0 Å². The molecular formula is C17H23Si. The molecule has 1 radical (unpaired) electrons. The highest BCUT2D eigenvalue weighted by Crippen LogP contribution is 2.21. The minimum absolute atomic E-state index is 0.279. The number of unbranched alkanes of at least 4 members (excludes halogenated alkanes) is 1. The normalized spacial score (nSPS) is 15.8. The second-order valence-electron chi connectivity index (χ2n) is 5.40. The minimum atomic E-state index is -0.279. The van der Waals surface area contributed by atoms with E-state index in [1.807, 2.05) is 0 Å². The fourth-order valence-corrected chi connectivity index (χ4v) is 4.52. The smallest absolute Gasteiger partial charge is 0.0713 e. The Labute approximate surface area is 114 Å². The van der Waals surface area contributed by atoms with Gasteiger partial charge in [0.25, 0.3) is 0 Å². The molecule has 0 unspecified atom stereocenters. The molecule has 0 spiro atoms. The van der Waals surface area contributed by atoms with Gasteiger partial charge in [0.05, 0.1) is 9.52 Å². The summed E-state index contributed by atoms with van der Waals surface area (Å²) in [6, 6.07) is 6.98. The van der Waals surface area contributed by atoms with Crippen LogP contribution in [0, 0.1) is 19.4 Å². The van der Waals surface area contributed by atoms with E-state index in [1.165, 1.54) is 36.0 Å². The Morgan fingerprint density at radius 1 is 1.00 bits per heavy atom. The molecule has 1 aromatic carbocycles. The molecule has 0 atom stereocenters. The lowest BCUT2D eigenvalue weighted by atomic mass is 10.1. The van der Waals surface area contributed by atoms with Crippen molar-refractivity contribution >= 4 is 14.7 Å². The number of rotatable bonds is 5. The predicted octanol–water partition coefficient (Wildman–Crippen LogP) is 3.32. The quantitative estimate of drug-likeness (QED) is 0.708. The molecule has 0 nitrogen and oxygen atoms in total. The summed E-state index contributed by atoms with van der Waals surface area (Å²) in [6.45, 7) is 6.65. The second kappa shape index (κ2) is 6.19. The maximum Gasteiger partial charge on any atom is 0.0713 e. The van der Waals surface area contributed by atoms with Gasteiger partial charge < -0.3 is 0 Å². The lowest BCUT2D eigenvalue weighted by Gasteiger charge is -2.07. The monoisotopic (exact) mass is 255 g/mol. The zero-order valence-corrected chi connectivity index (χ0v) is 13.2. The Hall–Kier alpha value is -1.08. The molecule has 0 aromatic heterocycles. The van der Waals surface area contributed by atoms with E-state index >= 15 is 0 Å². The molecule has 0 heterocycles. The first-order valence-corrected chi connectivity index (χ1v) is 8.40. The van der Waals surface area contributed by atoms with Gasteiger partial charge in [0.15, 0.2) is 0 Å². The number of benzene rings is 1. The summed E-state index contributed by atoms with van der Waals surface area (Å²) in [6.07, 6.45) is 10.9. The van der Waals surface area contributed by atoms with Crippen molar-refractivity contribution in [2.45, 2.75) is 40.0 Å². The second-order valence-corrected chi connectivity index (χ2v) is 7.39. The zero-order valence-electron chi connectivity index (χ0n) is 11.8. The first kappa shape index (κ1) is 13.4.